The zero-order valence-electron chi connectivity index (χ0n) is 49.0. The minimum absolute atomic E-state index is 0.0352. The van der Waals surface area contributed by atoms with Gasteiger partial charge in [0.15, 0.2) is 74.4 Å². The van der Waals surface area contributed by atoms with Crippen molar-refractivity contribution in [1.29, 1.82) is 0 Å². The number of aliphatic hydroxyl groups is 10. The summed E-state index contributed by atoms with van der Waals surface area (Å²) in [5.74, 6) is -9.49. The van der Waals surface area contributed by atoms with Gasteiger partial charge in [0, 0.05) is 20.8 Å². The van der Waals surface area contributed by atoms with Gasteiger partial charge in [-0.1, -0.05) is 0 Å². The van der Waals surface area contributed by atoms with Crippen LogP contribution in [0, 0.1) is 0 Å². The molecule has 47 nitrogen and oxygen atoms in total. The van der Waals surface area contributed by atoms with Crippen molar-refractivity contribution in [2.75, 3.05) is 33.0 Å². The summed E-state index contributed by atoms with van der Waals surface area (Å²) in [6.07, 6.45) is -66.3. The Bertz CT molecular complexity index is 3000. The lowest BCUT2D eigenvalue weighted by atomic mass is 9.93. The van der Waals surface area contributed by atoms with Crippen LogP contribution in [0.25, 0.3) is 0 Å². The van der Waals surface area contributed by atoms with Crippen LogP contribution in [-0.2, 0) is 129 Å². The van der Waals surface area contributed by atoms with Crippen molar-refractivity contribution in [1.82, 2.24) is 16.0 Å². The minimum Gasteiger partial charge on any atom is -0.479 e. The molecule has 6 aliphatic rings. The minimum atomic E-state index is -5.95. The van der Waals surface area contributed by atoms with Crippen molar-refractivity contribution in [3.63, 3.8) is 0 Å². The van der Waals surface area contributed by atoms with E-state index in [1.54, 1.807) is 0 Å². The maximum atomic E-state index is 13.1. The van der Waals surface area contributed by atoms with Gasteiger partial charge in [0.2, 0.25) is 17.7 Å². The van der Waals surface area contributed by atoms with E-state index >= 15 is 0 Å². The third kappa shape index (κ3) is 19.9. The molecule has 21 N–H and O–H groups in total. The Balaban J connectivity index is 1.29. The number of aliphatic hydroxyl groups excluding tert-OH is 10. The molecule has 6 aliphatic heterocycles. The fourth-order valence-corrected chi connectivity index (χ4v) is 12.2. The van der Waals surface area contributed by atoms with E-state index in [9.17, 15) is 134 Å². The first-order valence-corrected chi connectivity index (χ1v) is 31.8. The van der Waals surface area contributed by atoms with Crippen LogP contribution in [0.15, 0.2) is 0 Å². The Morgan fingerprint density at radius 2 is 0.674 bits per heavy atom. The van der Waals surface area contributed by atoms with Crippen LogP contribution in [0.2, 0.25) is 0 Å². The fourth-order valence-electron chi connectivity index (χ4n) is 10.7. The van der Waals surface area contributed by atoms with Gasteiger partial charge in [-0.2, -0.15) is 25.3 Å². The van der Waals surface area contributed by atoms with E-state index in [1.807, 2.05) is 0 Å². The second-order valence-corrected chi connectivity index (χ2v) is 24.7. The smallest absolute Gasteiger partial charge is 0.397 e. The average molecular weight is 1450 g/mol. The third-order valence-corrected chi connectivity index (χ3v) is 16.2. The largest absolute Gasteiger partial charge is 0.479 e. The highest BCUT2D eigenvalue weighted by molar-refractivity contribution is 7.81. The van der Waals surface area contributed by atoms with Gasteiger partial charge in [0.1, 0.15) is 110 Å². The first kappa shape index (κ1) is 79.5. The average Bonchev–Trinajstić information content (AvgIpc) is 0.769. The highest BCUT2D eigenvalue weighted by atomic mass is 32.3. The molecule has 0 spiro atoms. The van der Waals surface area contributed by atoms with Gasteiger partial charge in [-0.05, 0) is 13.0 Å². The molecule has 0 aliphatic carbocycles. The second-order valence-electron chi connectivity index (χ2n) is 21.6. The molecule has 0 unspecified atom stereocenters. The predicted octanol–water partition coefficient (Wildman–Crippen LogP) is -13.5. The van der Waals surface area contributed by atoms with Crippen molar-refractivity contribution in [3.8, 4) is 0 Å². The molecule has 0 bridgehead atoms. The van der Waals surface area contributed by atoms with Crippen LogP contribution in [0.1, 0.15) is 27.2 Å². The fraction of sp³-hybridized carbons (Fsp3) is 0.867. The van der Waals surface area contributed by atoms with Gasteiger partial charge in [-0.15, -0.1) is 0 Å². The Morgan fingerprint density at radius 3 is 0.958 bits per heavy atom. The number of hydrogen-bond donors (Lipinski definition) is 20. The summed E-state index contributed by atoms with van der Waals surface area (Å²) >= 11 is 0. The first-order valence-electron chi connectivity index (χ1n) is 27.7. The molecule has 6 fully saturated rings. The third-order valence-electron chi connectivity index (χ3n) is 14.8. The molecular weight excluding hydrogens is 1380 g/mol. The van der Waals surface area contributed by atoms with Gasteiger partial charge >= 0.3 is 49.1 Å². The lowest BCUT2D eigenvalue weighted by molar-refractivity contribution is -0.376. The van der Waals surface area contributed by atoms with E-state index in [4.69, 9.17) is 62.6 Å². The number of carboxylic acids is 3. The van der Waals surface area contributed by atoms with E-state index in [2.05, 4.69) is 28.5 Å². The van der Waals surface area contributed by atoms with Crippen molar-refractivity contribution in [3.05, 3.63) is 0 Å². The maximum Gasteiger partial charge on any atom is 0.397 e. The molecule has 95 heavy (non-hydrogen) atoms. The number of rotatable bonds is 29. The number of aliphatic carboxylic acids is 3. The summed E-state index contributed by atoms with van der Waals surface area (Å²) in [6.45, 7) is -1.82. The molecule has 548 valence electrons. The Hall–Kier alpha value is -4.49. The monoisotopic (exact) mass is 1450 g/mol. The Labute approximate surface area is 534 Å². The molecule has 6 saturated heterocycles. The van der Waals surface area contributed by atoms with Crippen molar-refractivity contribution in [2.45, 2.75) is 211 Å². The lowest BCUT2D eigenvalue weighted by Crippen LogP contribution is -2.71. The van der Waals surface area contributed by atoms with Crippen LogP contribution < -0.4 is 21.7 Å². The number of nitrogens with one attached hydrogen (secondary N) is 3. The highest BCUT2D eigenvalue weighted by Gasteiger charge is 2.62. The van der Waals surface area contributed by atoms with Crippen LogP contribution in [-0.4, -0.2) is 358 Å². The molecule has 3 amide bonds. The number of carbonyl (C=O) groups excluding carboxylic acids is 3. The quantitative estimate of drug-likeness (QED) is 0.0244. The number of amides is 3. The zero-order valence-corrected chi connectivity index (χ0v) is 51.5. The van der Waals surface area contributed by atoms with Crippen LogP contribution in [0.4, 0.5) is 0 Å². The molecule has 6 heterocycles. The number of nitrogens with two attached hydrogens (primary N) is 1. The summed E-state index contributed by atoms with van der Waals surface area (Å²) in [4.78, 5) is 76.0. The summed E-state index contributed by atoms with van der Waals surface area (Å²) < 4.78 is 183. The molecule has 6 rings (SSSR count). The lowest BCUT2D eigenvalue weighted by Gasteiger charge is -2.50. The molecular formula is C45H72N4O43S3. The summed E-state index contributed by atoms with van der Waals surface area (Å²) in [6, 6.07) is -6.31. The van der Waals surface area contributed by atoms with Crippen molar-refractivity contribution >= 4 is 66.8 Å². The number of hydrogen-bond acceptors (Lipinski definition) is 38. The molecule has 30 atom stereocenters. The molecule has 50 heteroatoms. The highest BCUT2D eigenvalue weighted by Crippen LogP contribution is 2.39. The number of carbonyl (C=O) groups is 6. The summed E-state index contributed by atoms with van der Waals surface area (Å²) in [5, 5.41) is 148. The summed E-state index contributed by atoms with van der Waals surface area (Å²) in [7, 11) is -17.3. The first-order chi connectivity index (χ1) is 44.1. The standard InChI is InChI=1S/C45H72N4O43S3/c1-10(53)47-16-20(57)19(56)13(7-50)79-40(16)84-29-24(61)32(91-94(72,73)74)44(88-35(29)38(65)66)82-27-15(9-52)81-42(18(22(27)59)49-12(3)55)86-30-25(62)33(92-95(75,76)77)45(89-36(30)39(67)68)83-26-14(8-51)80-41(17(21(26)58)48-11(2)54)85-28-23(60)31(90-93(69,70)71)43(78-6-4-5-46)87-34(28)37(63)64/h13-36,40-45,50-52,56-62H,4-9,46H2,1-3H3,(H,47,53)(H,48,54)(H,49,55)(H,63,64)(H,65,66)(H,67,68)(H,69,70,71)(H,72,73,74)(H,75,76,77)/t13-,14-,15-,16-,17-,18-,19-,20-,21-,22-,23+,24+,25+,26-,27-,28+,29+,30+,31-,32-,33-,34+,35-,36+,40-,41-,42-,43-,44-,45-/m1/s1. The normalized spacial score (nSPS) is 41.3. The van der Waals surface area contributed by atoms with Crippen LogP contribution in [0.5, 0.6) is 0 Å². The van der Waals surface area contributed by atoms with Crippen molar-refractivity contribution in [2.24, 2.45) is 5.73 Å². The zero-order chi connectivity index (χ0) is 71.3. The number of ether oxygens (including phenoxy) is 12. The molecule has 0 radical (unpaired) electrons. The van der Waals surface area contributed by atoms with E-state index in [0.29, 0.717) is 0 Å². The van der Waals surface area contributed by atoms with Gasteiger partial charge in [-0.25, -0.2) is 26.9 Å². The topological polar surface area (TPSA) is 729 Å². The van der Waals surface area contributed by atoms with E-state index in [-0.39, 0.29) is 19.6 Å². The number of carboxylic acid groups (broad SMARTS) is 3. The predicted molar refractivity (Wildman–Crippen MR) is 284 cm³/mol. The van der Waals surface area contributed by atoms with E-state index < -0.39 is 271 Å². The Kier molecular flexibility index (Phi) is 27.7. The molecule has 0 aromatic heterocycles. The van der Waals surface area contributed by atoms with Gasteiger partial charge in [-0.3, -0.25) is 28.0 Å². The van der Waals surface area contributed by atoms with E-state index in [1.165, 1.54) is 0 Å². The van der Waals surface area contributed by atoms with Gasteiger partial charge in [0.05, 0.1) is 26.4 Å². The van der Waals surface area contributed by atoms with Crippen LogP contribution >= 0.6 is 0 Å². The molecule has 0 aromatic rings. The second kappa shape index (κ2) is 33.1. The van der Waals surface area contributed by atoms with Gasteiger partial charge < -0.3 is 145 Å². The van der Waals surface area contributed by atoms with E-state index in [0.717, 1.165) is 20.8 Å². The van der Waals surface area contributed by atoms with Crippen molar-refractivity contribution < 1.29 is 203 Å². The van der Waals surface area contributed by atoms with Crippen LogP contribution in [0.3, 0.4) is 0 Å². The summed E-state index contributed by atoms with van der Waals surface area (Å²) in [5.41, 5.74) is 5.44. The SMILES string of the molecule is CC(=O)N[C@H]1[C@@H](O[C@H]2[C@H](O)[C@@H](OS(=O)(=O)O)[C@H](OCCCN)O[C@@H]2C(=O)O)O[C@H](CO)[C@@H](O[C@@H]2O[C@H](C(=O)O)[C@@H](O[C@H]3O[C@H](CO)[C@@H](O[C@@H]4O[C@@H](C(=O)O)[C@@H](O[C@H]5O[C@H](CO)[C@@H](O)[C@H](O)[C@H]5NC(C)=O)[C@H](O)[C@H]4OS(=O)(=O)O)[C@H](O)[C@H]3NC(C)=O)[C@H](O)[C@H]2OS(=O)(=O)O)[C@@H]1O. The Morgan fingerprint density at radius 1 is 0.389 bits per heavy atom. The van der Waals surface area contributed by atoms with Gasteiger partial charge in [0.25, 0.3) is 0 Å². The maximum absolute atomic E-state index is 13.1. The molecule has 0 aromatic carbocycles. The molecule has 0 saturated carbocycles.